The van der Waals surface area contributed by atoms with Crippen molar-refractivity contribution in [2.45, 2.75) is 38.4 Å². The van der Waals surface area contributed by atoms with E-state index in [9.17, 15) is 0 Å². The van der Waals surface area contributed by atoms with Crippen LogP contribution in [0.4, 0.5) is 0 Å². The third-order valence-electron chi connectivity index (χ3n) is 5.67. The van der Waals surface area contributed by atoms with Crippen molar-refractivity contribution in [1.82, 2.24) is 9.80 Å². The zero-order chi connectivity index (χ0) is 20.8. The van der Waals surface area contributed by atoms with Gasteiger partial charge in [-0.3, -0.25) is 9.80 Å². The van der Waals surface area contributed by atoms with Gasteiger partial charge >= 0.3 is 0 Å². The maximum atomic E-state index is 6.01. The molecule has 0 aromatic rings. The summed E-state index contributed by atoms with van der Waals surface area (Å²) in [5, 5.41) is 0. The Morgan fingerprint density at radius 3 is 2.10 bits per heavy atom. The summed E-state index contributed by atoms with van der Waals surface area (Å²) in [5.41, 5.74) is 0. The molecule has 0 amide bonds. The van der Waals surface area contributed by atoms with Crippen LogP contribution in [0.1, 0.15) is 33.6 Å². The Morgan fingerprint density at radius 2 is 1.48 bits per heavy atom. The fourth-order valence-corrected chi connectivity index (χ4v) is 5.73. The summed E-state index contributed by atoms with van der Waals surface area (Å²) in [5.74, 6) is 4.34. The van der Waals surface area contributed by atoms with Crippen LogP contribution in [-0.2, 0) is 14.2 Å². The number of hydrogen-bond donors (Lipinski definition) is 0. The van der Waals surface area contributed by atoms with Crippen molar-refractivity contribution in [3.8, 4) is 0 Å². The van der Waals surface area contributed by atoms with Crippen molar-refractivity contribution in [2.24, 2.45) is 5.92 Å². The van der Waals surface area contributed by atoms with Crippen LogP contribution in [0.2, 0.25) is 0 Å². The molecule has 7 heteroatoms. The first-order valence-electron chi connectivity index (χ1n) is 11.4. The molecule has 1 unspecified atom stereocenters. The topological polar surface area (TPSA) is 34.2 Å². The Hall–Kier alpha value is 0.500. The SMILES string of the molecule is CC(CCSCCN1CCOCC1)COCCC(C)(C)SCCN1CCOCC1. The van der Waals surface area contributed by atoms with Crippen LogP contribution >= 0.6 is 23.5 Å². The van der Waals surface area contributed by atoms with Crippen molar-refractivity contribution in [3.63, 3.8) is 0 Å². The highest BCUT2D eigenvalue weighted by atomic mass is 32.2. The molecule has 5 nitrogen and oxygen atoms in total. The standard InChI is InChI=1S/C22H44N2O3S2/c1-21(4-17-28-18-10-23-6-13-25-14-7-23)20-27-12-5-22(2,3)29-19-11-24-8-15-26-16-9-24/h21H,4-20H2,1-3H3. The molecule has 0 aromatic heterocycles. The number of hydrogen-bond acceptors (Lipinski definition) is 7. The molecule has 29 heavy (non-hydrogen) atoms. The first kappa shape index (κ1) is 25.8. The predicted octanol–water partition coefficient (Wildman–Crippen LogP) is 3.33. The van der Waals surface area contributed by atoms with Gasteiger partial charge in [0.05, 0.1) is 26.4 Å². The molecule has 0 saturated carbocycles. The van der Waals surface area contributed by atoms with Crippen molar-refractivity contribution in [3.05, 3.63) is 0 Å². The Labute approximate surface area is 187 Å². The molecule has 0 N–H and O–H groups in total. The average molecular weight is 449 g/mol. The molecular weight excluding hydrogens is 404 g/mol. The van der Waals surface area contributed by atoms with Crippen molar-refractivity contribution >= 4 is 23.5 Å². The van der Waals surface area contributed by atoms with Crippen LogP contribution in [0.15, 0.2) is 0 Å². The van der Waals surface area contributed by atoms with E-state index >= 15 is 0 Å². The number of rotatable bonds is 15. The molecule has 1 atom stereocenters. The number of morpholine rings is 2. The summed E-state index contributed by atoms with van der Waals surface area (Å²) in [7, 11) is 0. The van der Waals surface area contributed by atoms with E-state index < -0.39 is 0 Å². The highest BCUT2D eigenvalue weighted by molar-refractivity contribution is 8.00. The molecule has 0 bridgehead atoms. The van der Waals surface area contributed by atoms with Gasteiger partial charge in [0.25, 0.3) is 0 Å². The molecule has 2 aliphatic rings. The summed E-state index contributed by atoms with van der Waals surface area (Å²) in [4.78, 5) is 5.04. The van der Waals surface area contributed by atoms with Crippen molar-refractivity contribution in [1.29, 1.82) is 0 Å². The third-order valence-corrected chi connectivity index (χ3v) is 8.03. The highest BCUT2D eigenvalue weighted by Gasteiger charge is 2.19. The van der Waals surface area contributed by atoms with Crippen molar-refractivity contribution < 1.29 is 14.2 Å². The molecule has 0 radical (unpaired) electrons. The van der Waals surface area contributed by atoms with Crippen LogP contribution in [0.3, 0.4) is 0 Å². The van der Waals surface area contributed by atoms with E-state index in [4.69, 9.17) is 14.2 Å². The summed E-state index contributed by atoms with van der Waals surface area (Å²) < 4.78 is 17.1. The largest absolute Gasteiger partial charge is 0.381 e. The van der Waals surface area contributed by atoms with Crippen LogP contribution in [-0.4, -0.2) is 111 Å². The first-order chi connectivity index (χ1) is 14.1. The summed E-state index contributed by atoms with van der Waals surface area (Å²) >= 11 is 4.17. The smallest absolute Gasteiger partial charge is 0.0594 e. The highest BCUT2D eigenvalue weighted by Crippen LogP contribution is 2.28. The van der Waals surface area contributed by atoms with Gasteiger partial charge < -0.3 is 14.2 Å². The van der Waals surface area contributed by atoms with Gasteiger partial charge in [0.2, 0.25) is 0 Å². The van der Waals surface area contributed by atoms with Crippen LogP contribution in [0.25, 0.3) is 0 Å². The van der Waals surface area contributed by atoms with E-state index in [0.29, 0.717) is 10.7 Å². The Morgan fingerprint density at radius 1 is 0.897 bits per heavy atom. The van der Waals surface area contributed by atoms with Gasteiger partial charge in [-0.05, 0) is 24.5 Å². The fourth-order valence-electron chi connectivity index (χ4n) is 3.44. The van der Waals surface area contributed by atoms with E-state index in [-0.39, 0.29) is 0 Å². The van der Waals surface area contributed by atoms with Crippen LogP contribution < -0.4 is 0 Å². The predicted molar refractivity (Wildman–Crippen MR) is 128 cm³/mol. The van der Waals surface area contributed by atoms with Crippen molar-refractivity contribution in [2.75, 3.05) is 96.2 Å². The minimum Gasteiger partial charge on any atom is -0.381 e. The Kier molecular flexibility index (Phi) is 13.6. The lowest BCUT2D eigenvalue weighted by Crippen LogP contribution is -2.38. The maximum absolute atomic E-state index is 6.01. The molecule has 172 valence electrons. The van der Waals surface area contributed by atoms with E-state index in [1.54, 1.807) is 0 Å². The second-order valence-corrected chi connectivity index (χ2v) is 11.9. The number of ether oxygens (including phenoxy) is 3. The summed E-state index contributed by atoms with van der Waals surface area (Å²) in [6.45, 7) is 19.2. The van der Waals surface area contributed by atoms with Gasteiger partial charge in [0, 0.05) is 68.7 Å². The molecule has 2 fully saturated rings. The summed E-state index contributed by atoms with van der Waals surface area (Å²) in [6, 6.07) is 0. The maximum Gasteiger partial charge on any atom is 0.0594 e. The normalized spacial score (nSPS) is 20.8. The minimum atomic E-state index is 0.296. The average Bonchev–Trinajstić information content (AvgIpc) is 2.72. The number of thioether (sulfide) groups is 2. The van der Waals surface area contributed by atoms with E-state index in [0.717, 1.165) is 72.2 Å². The molecular formula is C22H44N2O3S2. The second kappa shape index (κ2) is 15.3. The number of nitrogens with zero attached hydrogens (tertiary/aromatic N) is 2. The van der Waals surface area contributed by atoms with E-state index in [1.807, 2.05) is 0 Å². The van der Waals surface area contributed by atoms with Gasteiger partial charge in [-0.25, -0.2) is 0 Å². The molecule has 0 aromatic carbocycles. The first-order valence-corrected chi connectivity index (χ1v) is 13.6. The summed E-state index contributed by atoms with van der Waals surface area (Å²) in [6.07, 6.45) is 2.38. The minimum absolute atomic E-state index is 0.296. The zero-order valence-electron chi connectivity index (χ0n) is 19.0. The van der Waals surface area contributed by atoms with Crippen LogP contribution in [0, 0.1) is 5.92 Å². The monoisotopic (exact) mass is 448 g/mol. The van der Waals surface area contributed by atoms with Crippen LogP contribution in [0.5, 0.6) is 0 Å². The van der Waals surface area contributed by atoms with Gasteiger partial charge in [0.15, 0.2) is 0 Å². The van der Waals surface area contributed by atoms with Gasteiger partial charge in [-0.1, -0.05) is 20.8 Å². The third kappa shape index (κ3) is 12.8. The van der Waals surface area contributed by atoms with E-state index in [1.165, 1.54) is 36.8 Å². The molecule has 2 heterocycles. The molecule has 2 rings (SSSR count). The van der Waals surface area contributed by atoms with Gasteiger partial charge in [0.1, 0.15) is 0 Å². The molecule has 2 saturated heterocycles. The lowest BCUT2D eigenvalue weighted by Gasteiger charge is -2.29. The second-order valence-electron chi connectivity index (χ2n) is 8.85. The Balaban J connectivity index is 1.39. The quantitative estimate of drug-likeness (QED) is 0.356. The fraction of sp³-hybridized carbons (Fsp3) is 1.00. The zero-order valence-corrected chi connectivity index (χ0v) is 20.7. The lowest BCUT2D eigenvalue weighted by molar-refractivity contribution is 0.0409. The molecule has 0 spiro atoms. The van der Waals surface area contributed by atoms with Gasteiger partial charge in [-0.2, -0.15) is 23.5 Å². The molecule has 2 aliphatic heterocycles. The molecule has 0 aliphatic carbocycles. The van der Waals surface area contributed by atoms with E-state index in [2.05, 4.69) is 54.1 Å². The lowest BCUT2D eigenvalue weighted by atomic mass is 10.1. The Bertz CT molecular complexity index is 404. The van der Waals surface area contributed by atoms with Gasteiger partial charge in [-0.15, -0.1) is 0 Å².